The Labute approximate surface area is 230 Å². The fourth-order valence-electron chi connectivity index (χ4n) is 4.57. The van der Waals surface area contributed by atoms with Gasteiger partial charge in [-0.3, -0.25) is 4.79 Å². The van der Waals surface area contributed by atoms with Gasteiger partial charge < -0.3 is 24.8 Å². The second kappa shape index (κ2) is 13.0. The van der Waals surface area contributed by atoms with E-state index in [0.29, 0.717) is 37.6 Å². The number of carbonyl (C=O) groups is 2. The van der Waals surface area contributed by atoms with Gasteiger partial charge in [0.25, 0.3) is 0 Å². The molecule has 7 heteroatoms. The van der Waals surface area contributed by atoms with Crippen molar-refractivity contribution in [3.63, 3.8) is 0 Å². The molecule has 3 amide bonds. The number of aryl methyl sites for hydroxylation is 1. The second-order valence-corrected chi connectivity index (χ2v) is 9.99. The number of para-hydroxylation sites is 3. The number of fused-ring (bicyclic) bond motifs is 1. The monoisotopic (exact) mass is 526 g/mol. The SMILES string of the molecule is CCOc1ccccc1NC(=O)N(CC(=O)N(CCc1c[nH]c2ccccc12)Cc1ccc(C)cc1)C(C)C. The molecule has 0 saturated heterocycles. The lowest BCUT2D eigenvalue weighted by Crippen LogP contribution is -2.47. The van der Waals surface area contributed by atoms with Crippen LogP contribution in [0.5, 0.6) is 5.75 Å². The van der Waals surface area contributed by atoms with E-state index in [1.165, 1.54) is 11.1 Å². The summed E-state index contributed by atoms with van der Waals surface area (Å²) < 4.78 is 5.66. The Hall–Kier alpha value is -4.26. The first-order valence-electron chi connectivity index (χ1n) is 13.5. The highest BCUT2D eigenvalue weighted by atomic mass is 16.5. The topological polar surface area (TPSA) is 77.7 Å². The van der Waals surface area contributed by atoms with Crippen LogP contribution in [0.3, 0.4) is 0 Å². The number of nitrogens with one attached hydrogen (secondary N) is 2. The van der Waals surface area contributed by atoms with E-state index in [1.54, 1.807) is 11.0 Å². The largest absolute Gasteiger partial charge is 0.492 e. The first-order chi connectivity index (χ1) is 18.9. The molecule has 1 heterocycles. The lowest BCUT2D eigenvalue weighted by atomic mass is 10.1. The predicted molar refractivity (Wildman–Crippen MR) is 157 cm³/mol. The van der Waals surface area contributed by atoms with E-state index in [9.17, 15) is 9.59 Å². The van der Waals surface area contributed by atoms with Crippen molar-refractivity contribution in [3.05, 3.63) is 95.7 Å². The van der Waals surface area contributed by atoms with Gasteiger partial charge in [0, 0.05) is 36.2 Å². The quantitative estimate of drug-likeness (QED) is 0.238. The lowest BCUT2D eigenvalue weighted by molar-refractivity contribution is -0.132. The molecule has 39 heavy (non-hydrogen) atoms. The number of hydrogen-bond donors (Lipinski definition) is 2. The summed E-state index contributed by atoms with van der Waals surface area (Å²) in [5, 5.41) is 4.10. The molecular weight excluding hydrogens is 488 g/mol. The number of H-pyrrole nitrogens is 1. The van der Waals surface area contributed by atoms with Crippen molar-refractivity contribution in [1.82, 2.24) is 14.8 Å². The molecule has 0 radical (unpaired) electrons. The van der Waals surface area contributed by atoms with Crippen molar-refractivity contribution in [3.8, 4) is 5.75 Å². The van der Waals surface area contributed by atoms with E-state index < -0.39 is 0 Å². The standard InChI is InChI=1S/C32H38N4O3/c1-5-39-30-13-9-8-12-29(30)34-32(38)36(23(2)3)22-31(37)35(21-25-16-14-24(4)15-17-25)19-18-26-20-33-28-11-7-6-10-27(26)28/h6-17,20,23,33H,5,18-19,21-22H2,1-4H3,(H,34,38). The zero-order valence-corrected chi connectivity index (χ0v) is 23.2. The Morgan fingerprint density at radius 1 is 0.974 bits per heavy atom. The van der Waals surface area contributed by atoms with Crippen LogP contribution in [0.4, 0.5) is 10.5 Å². The fourth-order valence-corrected chi connectivity index (χ4v) is 4.57. The van der Waals surface area contributed by atoms with E-state index in [2.05, 4.69) is 46.7 Å². The third kappa shape index (κ3) is 7.19. The van der Waals surface area contributed by atoms with Gasteiger partial charge in [0.1, 0.15) is 12.3 Å². The van der Waals surface area contributed by atoms with E-state index in [-0.39, 0.29) is 24.5 Å². The number of benzene rings is 3. The van der Waals surface area contributed by atoms with Crippen LogP contribution in [0.15, 0.2) is 79.0 Å². The summed E-state index contributed by atoms with van der Waals surface area (Å²) >= 11 is 0. The molecular formula is C32H38N4O3. The summed E-state index contributed by atoms with van der Waals surface area (Å²) in [5.41, 5.74) is 5.06. The zero-order chi connectivity index (χ0) is 27.8. The van der Waals surface area contributed by atoms with Crippen LogP contribution in [0.2, 0.25) is 0 Å². The maximum Gasteiger partial charge on any atom is 0.322 e. The number of carbonyl (C=O) groups excluding carboxylic acids is 2. The molecule has 204 valence electrons. The molecule has 0 fully saturated rings. The Bertz CT molecular complexity index is 1390. The molecule has 1 aromatic heterocycles. The summed E-state index contributed by atoms with van der Waals surface area (Å²) in [6.07, 6.45) is 2.72. The van der Waals surface area contributed by atoms with Gasteiger partial charge in [-0.05, 0) is 63.4 Å². The van der Waals surface area contributed by atoms with Crippen LogP contribution < -0.4 is 10.1 Å². The van der Waals surface area contributed by atoms with Crippen molar-refractivity contribution in [2.45, 2.75) is 46.7 Å². The second-order valence-electron chi connectivity index (χ2n) is 9.99. The van der Waals surface area contributed by atoms with E-state index in [0.717, 1.165) is 16.5 Å². The minimum absolute atomic E-state index is 0.0277. The van der Waals surface area contributed by atoms with Crippen LogP contribution in [0.1, 0.15) is 37.5 Å². The number of anilines is 1. The van der Waals surface area contributed by atoms with Crippen LogP contribution in [-0.2, 0) is 17.8 Å². The van der Waals surface area contributed by atoms with Gasteiger partial charge in [0.05, 0.1) is 12.3 Å². The average Bonchev–Trinajstić information content (AvgIpc) is 3.34. The van der Waals surface area contributed by atoms with Gasteiger partial charge in [-0.25, -0.2) is 4.79 Å². The molecule has 0 spiro atoms. The van der Waals surface area contributed by atoms with Crippen LogP contribution in [0, 0.1) is 6.92 Å². The first kappa shape index (κ1) is 27.8. The number of ether oxygens (including phenoxy) is 1. The molecule has 0 bridgehead atoms. The third-order valence-electron chi connectivity index (χ3n) is 6.79. The molecule has 0 unspecified atom stereocenters. The van der Waals surface area contributed by atoms with Crippen molar-refractivity contribution >= 4 is 28.5 Å². The lowest BCUT2D eigenvalue weighted by Gasteiger charge is -2.30. The fraction of sp³-hybridized carbons (Fsp3) is 0.312. The molecule has 0 atom stereocenters. The van der Waals surface area contributed by atoms with E-state index >= 15 is 0 Å². The third-order valence-corrected chi connectivity index (χ3v) is 6.79. The van der Waals surface area contributed by atoms with Gasteiger partial charge in [0.15, 0.2) is 0 Å². The summed E-state index contributed by atoms with van der Waals surface area (Å²) in [6, 6.07) is 23.2. The molecule has 3 aromatic carbocycles. The van der Waals surface area contributed by atoms with Crippen LogP contribution in [0.25, 0.3) is 10.9 Å². The summed E-state index contributed by atoms with van der Waals surface area (Å²) in [7, 11) is 0. The van der Waals surface area contributed by atoms with E-state index in [4.69, 9.17) is 4.74 Å². The molecule has 0 aliphatic heterocycles. The summed E-state index contributed by atoms with van der Waals surface area (Å²) in [4.78, 5) is 33.8. The predicted octanol–water partition coefficient (Wildman–Crippen LogP) is 6.39. The van der Waals surface area contributed by atoms with Crippen molar-refractivity contribution in [1.29, 1.82) is 0 Å². The highest BCUT2D eigenvalue weighted by Crippen LogP contribution is 2.24. The van der Waals surface area contributed by atoms with Crippen molar-refractivity contribution in [2.75, 3.05) is 25.0 Å². The number of rotatable bonds is 11. The highest BCUT2D eigenvalue weighted by Gasteiger charge is 2.25. The molecule has 4 rings (SSSR count). The first-order valence-corrected chi connectivity index (χ1v) is 13.5. The minimum Gasteiger partial charge on any atom is -0.492 e. The normalized spacial score (nSPS) is 11.0. The Balaban J connectivity index is 1.51. The number of amides is 3. The Morgan fingerprint density at radius 2 is 1.69 bits per heavy atom. The Kier molecular flexibility index (Phi) is 9.26. The van der Waals surface area contributed by atoms with Gasteiger partial charge in [-0.1, -0.05) is 60.2 Å². The summed E-state index contributed by atoms with van der Waals surface area (Å²) in [6.45, 7) is 9.25. The number of aromatic amines is 1. The molecule has 0 saturated carbocycles. The molecule has 0 aliphatic carbocycles. The van der Waals surface area contributed by atoms with Gasteiger partial charge in [-0.2, -0.15) is 0 Å². The maximum atomic E-state index is 13.8. The van der Waals surface area contributed by atoms with Crippen LogP contribution in [-0.4, -0.2) is 52.5 Å². The molecule has 7 nitrogen and oxygen atoms in total. The van der Waals surface area contributed by atoms with Gasteiger partial charge in [0.2, 0.25) is 5.91 Å². The zero-order valence-electron chi connectivity index (χ0n) is 23.2. The van der Waals surface area contributed by atoms with Crippen molar-refractivity contribution < 1.29 is 14.3 Å². The smallest absolute Gasteiger partial charge is 0.322 e. The van der Waals surface area contributed by atoms with Crippen molar-refractivity contribution in [2.24, 2.45) is 0 Å². The minimum atomic E-state index is -0.336. The number of urea groups is 1. The Morgan fingerprint density at radius 3 is 2.44 bits per heavy atom. The highest BCUT2D eigenvalue weighted by molar-refractivity contribution is 5.93. The molecule has 4 aromatic rings. The summed E-state index contributed by atoms with van der Waals surface area (Å²) in [5.74, 6) is 0.500. The van der Waals surface area contributed by atoms with Crippen LogP contribution >= 0.6 is 0 Å². The van der Waals surface area contributed by atoms with E-state index in [1.807, 2.05) is 69.1 Å². The number of hydrogen-bond acceptors (Lipinski definition) is 3. The molecule has 2 N–H and O–H groups in total. The maximum absolute atomic E-state index is 13.8. The van der Waals surface area contributed by atoms with Gasteiger partial charge in [-0.15, -0.1) is 0 Å². The average molecular weight is 527 g/mol. The van der Waals surface area contributed by atoms with Gasteiger partial charge >= 0.3 is 6.03 Å². The molecule has 0 aliphatic rings. The number of aromatic nitrogens is 1. The number of nitrogens with zero attached hydrogens (tertiary/aromatic N) is 2.